The number of nitrogens with two attached hydrogens (primary N) is 3. The molecule has 250 valence electrons. The van der Waals surface area contributed by atoms with Gasteiger partial charge in [0, 0.05) is 19.2 Å². The number of ether oxygens (including phenoxy) is 1. The van der Waals surface area contributed by atoms with Crippen LogP contribution in [0.25, 0.3) is 5.78 Å². The summed E-state index contributed by atoms with van der Waals surface area (Å²) in [6, 6.07) is 12.9. The van der Waals surface area contributed by atoms with Crippen molar-refractivity contribution in [2.24, 2.45) is 11.5 Å². The van der Waals surface area contributed by atoms with Crippen molar-refractivity contribution in [3.63, 3.8) is 0 Å². The maximum atomic E-state index is 12.6. The number of fused-ring (bicyclic) bond motifs is 1. The third kappa shape index (κ3) is 7.72. The third-order valence-electron chi connectivity index (χ3n) is 6.78. The largest absolute Gasteiger partial charge is 0.493 e. The molecule has 0 spiro atoms. The van der Waals surface area contributed by atoms with Crippen molar-refractivity contribution >= 4 is 53.3 Å². The molecular formula is C30H29ClN8O9. The van der Waals surface area contributed by atoms with Gasteiger partial charge in [-0.15, -0.1) is 12.4 Å². The number of primary amides is 1. The van der Waals surface area contributed by atoms with Gasteiger partial charge in [0.1, 0.15) is 28.8 Å². The van der Waals surface area contributed by atoms with E-state index in [1.807, 2.05) is 24.3 Å². The quantitative estimate of drug-likeness (QED) is 0.0768. The number of aromatic nitrogens is 3. The van der Waals surface area contributed by atoms with Crippen LogP contribution in [-0.4, -0.2) is 55.4 Å². The maximum Gasteiger partial charge on any atom is 0.353 e. The molecule has 0 aliphatic carbocycles. The summed E-state index contributed by atoms with van der Waals surface area (Å²) in [5, 5.41) is 24.3. The number of aromatic hydroxyl groups is 1. The van der Waals surface area contributed by atoms with Crippen molar-refractivity contribution in [1.29, 1.82) is 0 Å². The smallest absolute Gasteiger partial charge is 0.353 e. The summed E-state index contributed by atoms with van der Waals surface area (Å²) in [6.07, 6.45) is 0.978. The predicted molar refractivity (Wildman–Crippen MR) is 173 cm³/mol. The summed E-state index contributed by atoms with van der Waals surface area (Å²) in [5.74, 6) is -4.51. The Bertz CT molecular complexity index is 2070. The van der Waals surface area contributed by atoms with Crippen LogP contribution in [0.2, 0.25) is 0 Å². The summed E-state index contributed by atoms with van der Waals surface area (Å²) in [5.41, 5.74) is 17.1. The SMILES string of the molecule is COC(=O)c1ccc([C@@H](NC(=O)c2cc(C(=O)O)n3c(O)cnc3n2)C(N)=O)cc1.Cl.NCc1cccc(CNc2c(N)c(=O)c2=O)c1. The molecule has 48 heavy (non-hydrogen) atoms. The molecule has 2 heterocycles. The number of rotatable bonds is 10. The number of carbonyl (C=O) groups is 4. The van der Waals surface area contributed by atoms with Crippen LogP contribution < -0.4 is 38.7 Å². The fourth-order valence-electron chi connectivity index (χ4n) is 4.35. The number of amides is 2. The second kappa shape index (κ2) is 15.3. The number of hydrogen-bond donors (Lipinski definition) is 7. The molecule has 0 aliphatic rings. The molecule has 18 heteroatoms. The number of imidazole rings is 1. The van der Waals surface area contributed by atoms with Gasteiger partial charge in [-0.1, -0.05) is 36.4 Å². The molecule has 10 N–H and O–H groups in total. The number of nitrogens with one attached hydrogen (secondary N) is 2. The lowest BCUT2D eigenvalue weighted by Crippen LogP contribution is -2.38. The molecule has 5 rings (SSSR count). The number of methoxy groups -OCH3 is 1. The third-order valence-corrected chi connectivity index (χ3v) is 6.78. The van der Waals surface area contributed by atoms with E-state index in [-0.39, 0.29) is 46.4 Å². The molecule has 17 nitrogen and oxygen atoms in total. The topological polar surface area (TPSA) is 284 Å². The molecule has 0 radical (unpaired) electrons. The molecule has 0 saturated heterocycles. The van der Waals surface area contributed by atoms with E-state index in [0.717, 1.165) is 27.8 Å². The molecule has 0 aliphatic heterocycles. The summed E-state index contributed by atoms with van der Waals surface area (Å²) >= 11 is 0. The number of nitrogens with zero attached hydrogens (tertiary/aromatic N) is 3. The predicted octanol–water partition coefficient (Wildman–Crippen LogP) is 0.234. The second-order valence-electron chi connectivity index (χ2n) is 9.83. The van der Waals surface area contributed by atoms with Crippen LogP contribution >= 0.6 is 12.4 Å². The zero-order chi connectivity index (χ0) is 34.4. The fraction of sp³-hybridized carbons (Fsp3) is 0.133. The van der Waals surface area contributed by atoms with Gasteiger partial charge in [0.25, 0.3) is 16.8 Å². The number of anilines is 2. The lowest BCUT2D eigenvalue weighted by atomic mass is 10.0. The molecule has 1 atom stereocenters. The molecule has 3 aromatic carbocycles. The average Bonchev–Trinajstić information content (AvgIpc) is 3.46. The minimum Gasteiger partial charge on any atom is -0.493 e. The van der Waals surface area contributed by atoms with Gasteiger partial charge >= 0.3 is 11.9 Å². The molecule has 0 unspecified atom stereocenters. The van der Waals surface area contributed by atoms with Gasteiger partial charge in [0.2, 0.25) is 17.6 Å². The Hall–Kier alpha value is -6.33. The number of benzene rings is 2. The minimum absolute atomic E-state index is 0. The Morgan fingerprint density at radius 3 is 2.27 bits per heavy atom. The minimum atomic E-state index is -1.44. The second-order valence-corrected chi connectivity index (χ2v) is 9.83. The van der Waals surface area contributed by atoms with Gasteiger partial charge in [-0.3, -0.25) is 19.2 Å². The highest BCUT2D eigenvalue weighted by Gasteiger charge is 2.25. The van der Waals surface area contributed by atoms with E-state index in [0.29, 0.717) is 13.1 Å². The number of aromatic carboxylic acids is 1. The zero-order valence-electron chi connectivity index (χ0n) is 25.0. The zero-order valence-corrected chi connectivity index (χ0v) is 25.8. The normalized spacial score (nSPS) is 11.0. The highest BCUT2D eigenvalue weighted by molar-refractivity contribution is 5.98. The van der Waals surface area contributed by atoms with Gasteiger partial charge in [0.15, 0.2) is 0 Å². The van der Waals surface area contributed by atoms with E-state index in [9.17, 15) is 39.0 Å². The first-order chi connectivity index (χ1) is 22.4. The molecular weight excluding hydrogens is 652 g/mol. The Kier molecular flexibility index (Phi) is 11.5. The van der Waals surface area contributed by atoms with Crippen molar-refractivity contribution in [3.05, 3.63) is 115 Å². The van der Waals surface area contributed by atoms with E-state index in [1.165, 1.54) is 31.4 Å². The number of carbonyl (C=O) groups excluding carboxylic acids is 3. The van der Waals surface area contributed by atoms with Crippen LogP contribution in [0.5, 0.6) is 5.88 Å². The molecule has 0 saturated carbocycles. The van der Waals surface area contributed by atoms with Gasteiger partial charge in [-0.05, 0) is 28.8 Å². The van der Waals surface area contributed by atoms with Crippen molar-refractivity contribution in [2.75, 3.05) is 18.2 Å². The Morgan fingerprint density at radius 2 is 1.69 bits per heavy atom. The lowest BCUT2D eigenvalue weighted by molar-refractivity contribution is -0.120. The van der Waals surface area contributed by atoms with E-state index in [2.05, 4.69) is 25.3 Å². The molecule has 0 fully saturated rings. The van der Waals surface area contributed by atoms with Crippen molar-refractivity contribution < 1.29 is 34.1 Å². The number of carboxylic acid groups (broad SMARTS) is 1. The summed E-state index contributed by atoms with van der Waals surface area (Å²) in [6.45, 7) is 0.916. The van der Waals surface area contributed by atoms with E-state index in [4.69, 9.17) is 17.2 Å². The van der Waals surface area contributed by atoms with E-state index in [1.54, 1.807) is 0 Å². The average molecular weight is 681 g/mol. The number of halogens is 1. The highest BCUT2D eigenvalue weighted by atomic mass is 35.5. The summed E-state index contributed by atoms with van der Waals surface area (Å²) in [7, 11) is 1.22. The monoisotopic (exact) mass is 680 g/mol. The first-order valence-electron chi connectivity index (χ1n) is 13.6. The molecule has 0 bridgehead atoms. The highest BCUT2D eigenvalue weighted by Crippen LogP contribution is 2.19. The Balaban J connectivity index is 0.000000295. The number of carboxylic acids is 1. The van der Waals surface area contributed by atoms with E-state index >= 15 is 0 Å². The van der Waals surface area contributed by atoms with Crippen LogP contribution in [0.15, 0.2) is 70.4 Å². The molecule has 5 aromatic rings. The van der Waals surface area contributed by atoms with Gasteiger partial charge < -0.3 is 42.8 Å². The van der Waals surface area contributed by atoms with Crippen LogP contribution in [0, 0.1) is 0 Å². The first kappa shape index (κ1) is 36.1. The van der Waals surface area contributed by atoms with Crippen molar-refractivity contribution in [2.45, 2.75) is 19.1 Å². The van der Waals surface area contributed by atoms with Crippen LogP contribution in [0.3, 0.4) is 0 Å². The van der Waals surface area contributed by atoms with Crippen molar-refractivity contribution in [1.82, 2.24) is 19.7 Å². The Labute approximate surface area is 276 Å². The van der Waals surface area contributed by atoms with Gasteiger partial charge in [-0.2, -0.15) is 0 Å². The molecule has 2 aromatic heterocycles. The van der Waals surface area contributed by atoms with Crippen LogP contribution in [-0.2, 0) is 22.6 Å². The maximum absolute atomic E-state index is 12.6. The number of esters is 1. The molecule has 2 amide bonds. The summed E-state index contributed by atoms with van der Waals surface area (Å²) in [4.78, 5) is 77.2. The number of nitrogen functional groups attached to an aromatic ring is 1. The standard InChI is InChI=1S/C18H15N5O7.C12H13N3O2.ClH/c1-30-17(29)9-4-2-8(3-5-9)13(14(19)25)22-15(26)10-6-11(16(27)28)23-12(24)7-20-18(23)21-10;13-5-7-2-1-3-8(4-7)6-15-10-9(14)11(16)12(10)17;/h2-7,13,24H,1H3,(H2,19,25)(H,22,26)(H,27,28);1-4,15H,5-6,13-14H2;1H/t13-;;/m1../s1. The summed E-state index contributed by atoms with van der Waals surface area (Å²) < 4.78 is 5.44. The number of hydrogen-bond acceptors (Lipinski definition) is 13. The van der Waals surface area contributed by atoms with Crippen LogP contribution in [0.1, 0.15) is 54.1 Å². The van der Waals surface area contributed by atoms with Gasteiger partial charge in [-0.25, -0.2) is 24.0 Å². The van der Waals surface area contributed by atoms with Crippen molar-refractivity contribution in [3.8, 4) is 5.88 Å². The Morgan fingerprint density at radius 1 is 1.02 bits per heavy atom. The van der Waals surface area contributed by atoms with E-state index < -0.39 is 52.2 Å². The van der Waals surface area contributed by atoms with Crippen LogP contribution in [0.4, 0.5) is 11.4 Å². The first-order valence-corrected chi connectivity index (χ1v) is 13.6. The fourth-order valence-corrected chi connectivity index (χ4v) is 4.35. The lowest BCUT2D eigenvalue weighted by Gasteiger charge is -2.16. The van der Waals surface area contributed by atoms with Gasteiger partial charge in [0.05, 0.1) is 18.9 Å².